The molecule has 2 aliphatic heterocycles. The highest BCUT2D eigenvalue weighted by Crippen LogP contribution is 2.59. The fourth-order valence-corrected chi connectivity index (χ4v) is 14.6. The summed E-state index contributed by atoms with van der Waals surface area (Å²) < 4.78 is 0. The van der Waals surface area contributed by atoms with Crippen LogP contribution in [-0.2, 0) is 21.7 Å². The summed E-state index contributed by atoms with van der Waals surface area (Å²) >= 11 is 0. The van der Waals surface area contributed by atoms with Crippen molar-refractivity contribution in [1.29, 1.82) is 0 Å². The average Bonchev–Trinajstić information content (AvgIpc) is 4.16. The van der Waals surface area contributed by atoms with E-state index in [1.807, 2.05) is 0 Å². The van der Waals surface area contributed by atoms with Crippen LogP contribution in [0.15, 0.2) is 146 Å². The van der Waals surface area contributed by atoms with Crippen molar-refractivity contribution >= 4 is 74.3 Å². The highest BCUT2D eigenvalue weighted by Gasteiger charge is 2.48. The highest BCUT2D eigenvalue weighted by atomic mass is 15.2. The van der Waals surface area contributed by atoms with Gasteiger partial charge in [0.1, 0.15) is 0 Å². The van der Waals surface area contributed by atoms with Gasteiger partial charge in [0.15, 0.2) is 0 Å². The molecule has 0 N–H and O–H groups in total. The SMILES string of the molecule is CC(C)(C)c1ccc(N(c2ccc(C(C)(C)C)cc2)c2cc3c4c(c2)N(c2ccc(C(C)(C)C)cc2)c2ccc(C(C)(C)C)cc2B4c2cc(C4CC5CC4C5)ccc2N3c2ccc(C3CC4CC3C4)cc2)cc1. The predicted molar refractivity (Wildman–Crippen MR) is 317 cm³/mol. The Labute approximate surface area is 444 Å². The van der Waals surface area contributed by atoms with E-state index in [1.54, 1.807) is 5.56 Å². The third kappa shape index (κ3) is 7.89. The van der Waals surface area contributed by atoms with E-state index < -0.39 is 0 Å². The van der Waals surface area contributed by atoms with Gasteiger partial charge in [-0.3, -0.25) is 0 Å². The smallest absolute Gasteiger partial charge is 0.252 e. The lowest BCUT2D eigenvalue weighted by molar-refractivity contribution is 0.294. The van der Waals surface area contributed by atoms with Gasteiger partial charge in [-0.1, -0.05) is 156 Å². The summed E-state index contributed by atoms with van der Waals surface area (Å²) in [5.41, 5.74) is 23.7. The van der Waals surface area contributed by atoms with Crippen LogP contribution in [0.3, 0.4) is 0 Å². The Hall–Kier alpha value is -6.00. The Balaban J connectivity index is 1.10. The van der Waals surface area contributed by atoms with E-state index in [-0.39, 0.29) is 28.4 Å². The molecule has 6 saturated carbocycles. The summed E-state index contributed by atoms with van der Waals surface area (Å²) in [6.45, 7) is 28.0. The van der Waals surface area contributed by atoms with E-state index in [0.29, 0.717) is 11.8 Å². The molecule has 2 atom stereocenters. The molecule has 6 aliphatic carbocycles. The second-order valence-corrected chi connectivity index (χ2v) is 28.0. The zero-order valence-electron chi connectivity index (χ0n) is 46.5. The molecule has 4 heteroatoms. The fraction of sp³-hybridized carbons (Fsp3) is 0.400. The quantitative estimate of drug-likeness (QED) is 0.147. The Kier molecular flexibility index (Phi) is 10.8. The molecule has 0 amide bonds. The molecule has 0 spiro atoms. The van der Waals surface area contributed by atoms with Gasteiger partial charge in [-0.15, -0.1) is 0 Å². The third-order valence-corrected chi connectivity index (χ3v) is 19.0. The minimum atomic E-state index is -0.0233. The standard InChI is InChI=1S/C70H78BN3/c1-67(2,3)49-16-25-53(26-17-49)72(54-27-18-50(19-28-54)68(4,5)6)57-41-64-66-65(42-57)74(56-29-20-51(21-30-56)69(7,8)9)63-32-22-52(70(10,11)12)40-61(63)71(66)60-39-46(59-38-44-35-48(59)36-44)15-31-62(60)73(64)55-23-13-45(14-24-55)58-37-43-33-47(58)34-43/h13-32,39-44,47-48,58-59H,33-38H2,1-12H3. The van der Waals surface area contributed by atoms with Crippen LogP contribution in [0.4, 0.5) is 51.2 Å². The molecular formula is C70H78BN3. The number of fused-ring (bicyclic) bond motifs is 6. The minimum Gasteiger partial charge on any atom is -0.311 e. The van der Waals surface area contributed by atoms with Crippen molar-refractivity contribution in [3.63, 3.8) is 0 Å². The Morgan fingerprint density at radius 3 is 1.18 bits per heavy atom. The maximum absolute atomic E-state index is 2.69. The van der Waals surface area contributed by atoms with Gasteiger partial charge in [0.25, 0.3) is 6.71 Å². The molecule has 0 aromatic heterocycles. The summed E-state index contributed by atoms with van der Waals surface area (Å²) in [4.78, 5) is 7.83. The minimum absolute atomic E-state index is 0.0233. The van der Waals surface area contributed by atoms with Crippen LogP contribution in [0.5, 0.6) is 0 Å². The van der Waals surface area contributed by atoms with Gasteiger partial charge in [0, 0.05) is 45.5 Å². The molecule has 0 radical (unpaired) electrons. The molecule has 376 valence electrons. The molecule has 0 saturated heterocycles. The molecule has 74 heavy (non-hydrogen) atoms. The Morgan fingerprint density at radius 1 is 0.365 bits per heavy atom. The first kappa shape index (κ1) is 47.7. The number of anilines is 9. The van der Waals surface area contributed by atoms with Crippen molar-refractivity contribution in [2.75, 3.05) is 14.7 Å². The van der Waals surface area contributed by atoms with Gasteiger partial charge in [-0.2, -0.15) is 0 Å². The molecule has 3 nitrogen and oxygen atoms in total. The fourth-order valence-electron chi connectivity index (χ4n) is 14.6. The van der Waals surface area contributed by atoms with Gasteiger partial charge in [0.2, 0.25) is 0 Å². The highest BCUT2D eigenvalue weighted by molar-refractivity contribution is 7.00. The third-order valence-electron chi connectivity index (χ3n) is 19.0. The first-order valence-corrected chi connectivity index (χ1v) is 28.4. The molecule has 15 rings (SSSR count). The number of rotatable bonds is 7. The van der Waals surface area contributed by atoms with Crippen LogP contribution in [0.1, 0.15) is 167 Å². The first-order chi connectivity index (χ1) is 35.2. The summed E-state index contributed by atoms with van der Waals surface area (Å²) in [5, 5.41) is 0. The number of hydrogen-bond donors (Lipinski definition) is 0. The number of benzene rings is 7. The van der Waals surface area contributed by atoms with Gasteiger partial charge >= 0.3 is 0 Å². The number of hydrogen-bond acceptors (Lipinski definition) is 3. The second-order valence-electron chi connectivity index (χ2n) is 28.0. The van der Waals surface area contributed by atoms with Crippen LogP contribution in [0.2, 0.25) is 0 Å². The molecule has 7 aromatic rings. The van der Waals surface area contributed by atoms with E-state index in [1.165, 1.54) is 117 Å². The predicted octanol–water partition coefficient (Wildman–Crippen LogP) is 17.5. The normalized spacial score (nSPS) is 22.5. The van der Waals surface area contributed by atoms with Crippen molar-refractivity contribution in [3.05, 3.63) is 179 Å². The van der Waals surface area contributed by atoms with Crippen LogP contribution in [0.25, 0.3) is 0 Å². The average molecular weight is 972 g/mol. The second kappa shape index (κ2) is 16.8. The Morgan fingerprint density at radius 2 is 0.743 bits per heavy atom. The first-order valence-electron chi connectivity index (χ1n) is 28.4. The van der Waals surface area contributed by atoms with E-state index in [4.69, 9.17) is 0 Å². The summed E-state index contributed by atoms with van der Waals surface area (Å²) in [7, 11) is 0. The van der Waals surface area contributed by atoms with Crippen molar-refractivity contribution in [2.24, 2.45) is 23.7 Å². The molecule has 2 unspecified atom stereocenters. The van der Waals surface area contributed by atoms with Crippen molar-refractivity contribution in [2.45, 2.75) is 155 Å². The summed E-state index contributed by atoms with van der Waals surface area (Å²) in [6, 6.07) is 58.6. The zero-order valence-corrected chi connectivity index (χ0v) is 46.5. The van der Waals surface area contributed by atoms with Crippen LogP contribution in [-0.4, -0.2) is 6.71 Å². The van der Waals surface area contributed by atoms with E-state index in [2.05, 4.69) is 243 Å². The van der Waals surface area contributed by atoms with Crippen LogP contribution in [0, 0.1) is 23.7 Å². The lowest BCUT2D eigenvalue weighted by atomic mass is 9.33. The van der Waals surface area contributed by atoms with Gasteiger partial charge in [0.05, 0.1) is 5.69 Å². The van der Waals surface area contributed by atoms with Crippen molar-refractivity contribution in [3.8, 4) is 0 Å². The summed E-state index contributed by atoms with van der Waals surface area (Å²) in [5.74, 6) is 4.83. The van der Waals surface area contributed by atoms with Gasteiger partial charge in [-0.05, 0) is 218 Å². The maximum atomic E-state index is 2.69. The topological polar surface area (TPSA) is 9.72 Å². The molecular weight excluding hydrogens is 894 g/mol. The maximum Gasteiger partial charge on any atom is 0.252 e. The number of nitrogens with zero attached hydrogens (tertiary/aromatic N) is 3. The zero-order chi connectivity index (χ0) is 51.4. The van der Waals surface area contributed by atoms with E-state index in [0.717, 1.165) is 40.7 Å². The largest absolute Gasteiger partial charge is 0.311 e. The van der Waals surface area contributed by atoms with Crippen molar-refractivity contribution < 1.29 is 0 Å². The lowest BCUT2D eigenvalue weighted by Gasteiger charge is -2.45. The molecule has 2 heterocycles. The summed E-state index contributed by atoms with van der Waals surface area (Å²) in [6.07, 6.45) is 8.32. The molecule has 8 aliphatic rings. The monoisotopic (exact) mass is 972 g/mol. The van der Waals surface area contributed by atoms with Gasteiger partial charge < -0.3 is 14.7 Å². The van der Waals surface area contributed by atoms with Crippen LogP contribution < -0.4 is 31.1 Å². The van der Waals surface area contributed by atoms with E-state index in [9.17, 15) is 0 Å². The van der Waals surface area contributed by atoms with Crippen molar-refractivity contribution in [1.82, 2.24) is 0 Å². The molecule has 4 bridgehead atoms. The van der Waals surface area contributed by atoms with Gasteiger partial charge in [-0.25, -0.2) is 0 Å². The lowest BCUT2D eigenvalue weighted by Crippen LogP contribution is -2.61. The van der Waals surface area contributed by atoms with E-state index >= 15 is 0 Å². The molecule has 6 fully saturated rings. The molecule has 7 aromatic carbocycles. The van der Waals surface area contributed by atoms with Crippen LogP contribution >= 0.6 is 0 Å². The Bertz CT molecular complexity index is 3230.